The van der Waals surface area contributed by atoms with E-state index in [9.17, 15) is 25.5 Å². The summed E-state index contributed by atoms with van der Waals surface area (Å²) in [4.78, 5) is 0. The normalized spacial score (nSPS) is 11.1. The number of aryl methyl sites for hydroxylation is 1. The average Bonchev–Trinajstić information content (AvgIpc) is 2.97. The first-order chi connectivity index (χ1) is 19.4. The number of aliphatic hydroxyl groups is 2. The van der Waals surface area contributed by atoms with Crippen molar-refractivity contribution in [2.45, 2.75) is 33.0 Å². The Morgan fingerprint density at radius 1 is 0.475 bits per heavy atom. The van der Waals surface area contributed by atoms with Gasteiger partial charge in [0.1, 0.15) is 17.2 Å². The van der Waals surface area contributed by atoms with Crippen LogP contribution in [-0.2, 0) is 26.1 Å². The van der Waals surface area contributed by atoms with Gasteiger partial charge in [-0.15, -0.1) is 0 Å². The van der Waals surface area contributed by atoms with Gasteiger partial charge in [-0.25, -0.2) is 0 Å². The van der Waals surface area contributed by atoms with Crippen molar-refractivity contribution >= 4 is 0 Å². The van der Waals surface area contributed by atoms with Gasteiger partial charge in [0, 0.05) is 35.1 Å². The fourth-order valence-electron chi connectivity index (χ4n) is 5.29. The summed E-state index contributed by atoms with van der Waals surface area (Å²) < 4.78 is 0. The number of benzene rings is 5. The fraction of sp³-hybridized carbons (Fsp3) is 0.143. The summed E-state index contributed by atoms with van der Waals surface area (Å²) in [6.07, 6.45) is 0.806. The molecule has 5 N–H and O–H groups in total. The highest BCUT2D eigenvalue weighted by Crippen LogP contribution is 2.38. The zero-order chi connectivity index (χ0) is 28.2. The lowest BCUT2D eigenvalue weighted by Crippen LogP contribution is -1.99. The predicted octanol–water partition coefficient (Wildman–Crippen LogP) is 6.61. The van der Waals surface area contributed by atoms with E-state index >= 15 is 0 Å². The summed E-state index contributed by atoms with van der Waals surface area (Å²) in [6.45, 7) is 1.37. The second-order valence-corrected chi connectivity index (χ2v) is 10.1. The average molecular weight is 533 g/mol. The van der Waals surface area contributed by atoms with Crippen LogP contribution < -0.4 is 0 Å². The first kappa shape index (κ1) is 27.0. The van der Waals surface area contributed by atoms with Gasteiger partial charge in [-0.05, 0) is 64.6 Å². The lowest BCUT2D eigenvalue weighted by Gasteiger charge is -2.16. The fourth-order valence-corrected chi connectivity index (χ4v) is 5.29. The van der Waals surface area contributed by atoms with E-state index in [1.54, 1.807) is 12.1 Å². The Morgan fingerprint density at radius 3 is 1.25 bits per heavy atom. The maximum absolute atomic E-state index is 11.4. The van der Waals surface area contributed by atoms with Crippen LogP contribution in [-0.4, -0.2) is 25.5 Å². The third kappa shape index (κ3) is 5.57. The molecule has 5 nitrogen and oxygen atoms in total. The highest BCUT2D eigenvalue weighted by molar-refractivity contribution is 5.74. The van der Waals surface area contributed by atoms with E-state index in [0.717, 1.165) is 38.9 Å². The molecule has 40 heavy (non-hydrogen) atoms. The van der Waals surface area contributed by atoms with Crippen LogP contribution >= 0.6 is 0 Å². The minimum absolute atomic E-state index is 0.0489. The van der Waals surface area contributed by atoms with Crippen molar-refractivity contribution in [2.75, 3.05) is 0 Å². The smallest absolute Gasteiger partial charge is 0.128 e. The predicted molar refractivity (Wildman–Crippen MR) is 157 cm³/mol. The van der Waals surface area contributed by atoms with Crippen molar-refractivity contribution in [3.05, 3.63) is 136 Å². The first-order valence-corrected chi connectivity index (χ1v) is 13.2. The standard InChI is InChI=1S/C35H32O5/c1-22-12-27(14-23-16-29(20-36)34(39)31(18-23)25-8-4-2-5-9-25)33(38)28(13-22)15-24-17-30(21-37)35(40)32(19-24)26-10-6-3-7-11-26/h2-13,16-19,36-40H,14-15,20-21H2,1H3. The van der Waals surface area contributed by atoms with E-state index in [1.807, 2.05) is 91.9 Å². The molecule has 0 bridgehead atoms. The van der Waals surface area contributed by atoms with Gasteiger partial charge in [0.15, 0.2) is 0 Å². The van der Waals surface area contributed by atoms with Gasteiger partial charge in [0.2, 0.25) is 0 Å². The maximum Gasteiger partial charge on any atom is 0.128 e. The quantitative estimate of drug-likeness (QED) is 0.155. The molecule has 0 aliphatic heterocycles. The van der Waals surface area contributed by atoms with E-state index in [-0.39, 0.29) is 30.5 Å². The summed E-state index contributed by atoms with van der Waals surface area (Å²) in [7, 11) is 0. The number of hydrogen-bond acceptors (Lipinski definition) is 5. The Labute approximate surface area is 233 Å². The Kier molecular flexibility index (Phi) is 7.87. The van der Waals surface area contributed by atoms with Gasteiger partial charge < -0.3 is 25.5 Å². The van der Waals surface area contributed by atoms with E-state index in [1.165, 1.54) is 0 Å². The molecule has 0 amide bonds. The molecule has 0 aliphatic carbocycles. The Morgan fingerprint density at radius 2 is 0.875 bits per heavy atom. The molecule has 0 fully saturated rings. The Bertz CT molecular complexity index is 1520. The maximum atomic E-state index is 11.4. The van der Waals surface area contributed by atoms with Crippen molar-refractivity contribution in [1.29, 1.82) is 0 Å². The first-order valence-electron chi connectivity index (χ1n) is 13.2. The van der Waals surface area contributed by atoms with E-state index in [2.05, 4.69) is 0 Å². The summed E-state index contributed by atoms with van der Waals surface area (Å²) in [5, 5.41) is 52.7. The number of aromatic hydroxyl groups is 3. The second kappa shape index (κ2) is 11.7. The lowest BCUT2D eigenvalue weighted by atomic mass is 9.91. The number of phenolic OH excluding ortho intramolecular Hbond substituents is 1. The second-order valence-electron chi connectivity index (χ2n) is 10.1. The molecule has 0 radical (unpaired) electrons. The molecule has 5 rings (SSSR count). The van der Waals surface area contributed by atoms with Crippen molar-refractivity contribution in [3.63, 3.8) is 0 Å². The molecule has 5 aromatic rings. The van der Waals surface area contributed by atoms with Crippen LogP contribution in [0.15, 0.2) is 97.1 Å². The van der Waals surface area contributed by atoms with Gasteiger partial charge in [0.05, 0.1) is 13.2 Å². The summed E-state index contributed by atoms with van der Waals surface area (Å²) in [5.41, 5.74) is 7.94. The molecule has 0 heterocycles. The SMILES string of the molecule is Cc1cc(Cc2cc(CO)c(O)c(-c3ccccc3)c2)c(O)c(Cc2cc(CO)c(O)c(-c3ccccc3)c2)c1. The zero-order valence-corrected chi connectivity index (χ0v) is 22.3. The molecule has 202 valence electrons. The minimum Gasteiger partial charge on any atom is -0.507 e. The molecular formula is C35H32O5. The van der Waals surface area contributed by atoms with E-state index in [4.69, 9.17) is 0 Å². The van der Waals surface area contributed by atoms with Crippen molar-refractivity contribution in [2.24, 2.45) is 0 Å². The number of phenols is 3. The molecule has 0 saturated carbocycles. The molecule has 0 atom stereocenters. The summed E-state index contributed by atoms with van der Waals surface area (Å²) in [5.74, 6) is 0.269. The molecule has 0 spiro atoms. The molecule has 5 aromatic carbocycles. The highest BCUT2D eigenvalue weighted by atomic mass is 16.3. The molecule has 5 heteroatoms. The highest BCUT2D eigenvalue weighted by Gasteiger charge is 2.17. The van der Waals surface area contributed by atoms with Gasteiger partial charge in [0.25, 0.3) is 0 Å². The van der Waals surface area contributed by atoms with Gasteiger partial charge in [-0.2, -0.15) is 0 Å². The topological polar surface area (TPSA) is 101 Å². The Balaban J connectivity index is 1.52. The van der Waals surface area contributed by atoms with Crippen LogP contribution in [0, 0.1) is 6.92 Å². The van der Waals surface area contributed by atoms with Crippen LogP contribution in [0.25, 0.3) is 22.3 Å². The zero-order valence-electron chi connectivity index (χ0n) is 22.3. The van der Waals surface area contributed by atoms with Crippen molar-refractivity contribution in [3.8, 4) is 39.5 Å². The lowest BCUT2D eigenvalue weighted by molar-refractivity contribution is 0.275. The molecule has 0 unspecified atom stereocenters. The summed E-state index contributed by atoms with van der Waals surface area (Å²) in [6, 6.07) is 30.2. The molecule has 0 aromatic heterocycles. The van der Waals surface area contributed by atoms with E-state index < -0.39 is 0 Å². The van der Waals surface area contributed by atoms with Gasteiger partial charge in [-0.1, -0.05) is 78.4 Å². The van der Waals surface area contributed by atoms with Gasteiger partial charge >= 0.3 is 0 Å². The summed E-state index contributed by atoms with van der Waals surface area (Å²) >= 11 is 0. The number of hydrogen-bond donors (Lipinski definition) is 5. The largest absolute Gasteiger partial charge is 0.507 e. The van der Waals surface area contributed by atoms with Gasteiger partial charge in [-0.3, -0.25) is 0 Å². The number of rotatable bonds is 8. The van der Waals surface area contributed by atoms with Crippen LogP contribution in [0.4, 0.5) is 0 Å². The van der Waals surface area contributed by atoms with Crippen LogP contribution in [0.2, 0.25) is 0 Å². The van der Waals surface area contributed by atoms with E-state index in [0.29, 0.717) is 35.1 Å². The van der Waals surface area contributed by atoms with Crippen molar-refractivity contribution in [1.82, 2.24) is 0 Å². The third-order valence-corrected chi connectivity index (χ3v) is 7.21. The minimum atomic E-state index is -0.303. The number of aliphatic hydroxyl groups excluding tert-OH is 2. The third-order valence-electron chi connectivity index (χ3n) is 7.21. The van der Waals surface area contributed by atoms with Crippen LogP contribution in [0.5, 0.6) is 17.2 Å². The molecular weight excluding hydrogens is 500 g/mol. The van der Waals surface area contributed by atoms with Crippen molar-refractivity contribution < 1.29 is 25.5 Å². The van der Waals surface area contributed by atoms with Crippen LogP contribution in [0.1, 0.15) is 38.9 Å². The monoisotopic (exact) mass is 532 g/mol. The molecule has 0 saturated heterocycles. The van der Waals surface area contributed by atoms with Crippen LogP contribution in [0.3, 0.4) is 0 Å². The molecule has 0 aliphatic rings. The Hall–Kier alpha value is -4.58.